The third-order valence-electron chi connectivity index (χ3n) is 2.69. The van der Waals surface area contributed by atoms with Crippen molar-refractivity contribution in [2.75, 3.05) is 12.4 Å². The van der Waals surface area contributed by atoms with Crippen molar-refractivity contribution < 1.29 is 9.53 Å². The predicted molar refractivity (Wildman–Crippen MR) is 83.6 cm³/mol. The van der Waals surface area contributed by atoms with Crippen molar-refractivity contribution in [3.05, 3.63) is 40.6 Å². The Morgan fingerprint density at radius 2 is 2.14 bits per heavy atom. The van der Waals surface area contributed by atoms with Gasteiger partial charge < -0.3 is 4.74 Å². The van der Waals surface area contributed by atoms with Crippen molar-refractivity contribution in [3.8, 4) is 5.75 Å². The molecule has 0 unspecified atom stereocenters. The highest BCUT2D eigenvalue weighted by molar-refractivity contribution is 7.99. The molecule has 2 aromatic heterocycles. The van der Waals surface area contributed by atoms with Crippen molar-refractivity contribution in [1.29, 1.82) is 0 Å². The van der Waals surface area contributed by atoms with Crippen molar-refractivity contribution >= 4 is 35.0 Å². The van der Waals surface area contributed by atoms with Gasteiger partial charge in [0, 0.05) is 9.79 Å². The zero-order chi connectivity index (χ0) is 15.4. The molecule has 0 atom stereocenters. The Balaban J connectivity index is 1.75. The van der Waals surface area contributed by atoms with Crippen LogP contribution in [0.15, 0.2) is 45.5 Å². The predicted octanol–water partition coefficient (Wildman–Crippen LogP) is 2.67. The summed E-state index contributed by atoms with van der Waals surface area (Å²) < 4.78 is 5.13. The molecule has 0 spiro atoms. The molecule has 3 aromatic rings. The number of aromatic amines is 1. The number of tetrazole rings is 1. The van der Waals surface area contributed by atoms with Gasteiger partial charge in [0.05, 0.1) is 7.11 Å². The number of ether oxygens (including phenoxy) is 1. The van der Waals surface area contributed by atoms with Crippen molar-refractivity contribution in [2.24, 2.45) is 0 Å². The van der Waals surface area contributed by atoms with Gasteiger partial charge in [-0.2, -0.15) is 5.21 Å². The molecule has 7 nitrogen and oxygen atoms in total. The molecule has 0 saturated carbocycles. The number of nitrogens with zero attached hydrogens (tertiary/aromatic N) is 3. The van der Waals surface area contributed by atoms with Gasteiger partial charge in [0.2, 0.25) is 0 Å². The van der Waals surface area contributed by atoms with Gasteiger partial charge in [-0.1, -0.05) is 16.9 Å². The molecule has 112 valence electrons. The third-order valence-corrected chi connectivity index (χ3v) is 4.80. The highest BCUT2D eigenvalue weighted by atomic mass is 32.2. The van der Waals surface area contributed by atoms with Crippen LogP contribution in [0.3, 0.4) is 0 Å². The Morgan fingerprint density at radius 3 is 2.82 bits per heavy atom. The van der Waals surface area contributed by atoms with Crippen LogP contribution >= 0.6 is 23.1 Å². The molecule has 0 aliphatic heterocycles. The van der Waals surface area contributed by atoms with Gasteiger partial charge in [-0.15, -0.1) is 16.4 Å². The van der Waals surface area contributed by atoms with Gasteiger partial charge in [0.25, 0.3) is 11.9 Å². The number of aromatic nitrogens is 4. The molecule has 0 aliphatic rings. The van der Waals surface area contributed by atoms with Crippen LogP contribution in [0, 0.1) is 0 Å². The number of benzene rings is 1. The van der Waals surface area contributed by atoms with Crippen LogP contribution < -0.4 is 10.1 Å². The number of H-pyrrole nitrogens is 1. The first-order valence-electron chi connectivity index (χ1n) is 6.20. The Morgan fingerprint density at radius 1 is 1.32 bits per heavy atom. The van der Waals surface area contributed by atoms with E-state index in [0.717, 1.165) is 15.5 Å². The Bertz CT molecular complexity index is 755. The lowest BCUT2D eigenvalue weighted by atomic mass is 10.3. The number of hydrogen-bond acceptors (Lipinski definition) is 7. The molecule has 22 heavy (non-hydrogen) atoms. The maximum atomic E-state index is 12.2. The molecule has 0 aliphatic carbocycles. The van der Waals surface area contributed by atoms with Gasteiger partial charge in [-0.05, 0) is 40.9 Å². The smallest absolute Gasteiger partial charge is 0.270 e. The first-order valence-corrected chi connectivity index (χ1v) is 7.90. The number of anilines is 1. The number of thiophene rings is 1. The summed E-state index contributed by atoms with van der Waals surface area (Å²) in [5.74, 6) is 0.691. The molecule has 2 heterocycles. The average Bonchev–Trinajstić information content (AvgIpc) is 3.19. The molecule has 0 bridgehead atoms. The van der Waals surface area contributed by atoms with Crippen LogP contribution in [0.5, 0.6) is 5.75 Å². The number of nitrogens with one attached hydrogen (secondary N) is 2. The van der Waals surface area contributed by atoms with E-state index in [1.807, 2.05) is 35.7 Å². The van der Waals surface area contributed by atoms with Crippen LogP contribution in [0.25, 0.3) is 0 Å². The normalized spacial score (nSPS) is 10.4. The van der Waals surface area contributed by atoms with E-state index >= 15 is 0 Å². The van der Waals surface area contributed by atoms with Gasteiger partial charge in [-0.25, -0.2) is 0 Å². The SMILES string of the molecule is COc1ccc(Sc2ccsc2C(=O)Nc2nn[nH]n2)cc1. The number of rotatable bonds is 5. The zero-order valence-electron chi connectivity index (χ0n) is 11.4. The van der Waals surface area contributed by atoms with Crippen LogP contribution in [-0.2, 0) is 0 Å². The van der Waals surface area contributed by atoms with E-state index in [1.54, 1.807) is 7.11 Å². The van der Waals surface area contributed by atoms with Gasteiger partial charge in [0.1, 0.15) is 10.6 Å². The number of amides is 1. The molecule has 0 saturated heterocycles. The topological polar surface area (TPSA) is 92.8 Å². The maximum absolute atomic E-state index is 12.2. The molecule has 0 fully saturated rings. The van der Waals surface area contributed by atoms with E-state index in [9.17, 15) is 4.79 Å². The first-order chi connectivity index (χ1) is 10.8. The number of hydrogen-bond donors (Lipinski definition) is 2. The lowest BCUT2D eigenvalue weighted by Crippen LogP contribution is -2.12. The van der Waals surface area contributed by atoms with E-state index in [2.05, 4.69) is 25.9 Å². The number of methoxy groups -OCH3 is 1. The number of carbonyl (C=O) groups is 1. The molecule has 3 rings (SSSR count). The number of carbonyl (C=O) groups excluding carboxylic acids is 1. The minimum atomic E-state index is -0.257. The summed E-state index contributed by atoms with van der Waals surface area (Å²) in [4.78, 5) is 14.7. The van der Waals surface area contributed by atoms with Crippen LogP contribution in [0.1, 0.15) is 9.67 Å². The van der Waals surface area contributed by atoms with Gasteiger partial charge in [0.15, 0.2) is 0 Å². The maximum Gasteiger partial charge on any atom is 0.270 e. The highest BCUT2D eigenvalue weighted by Crippen LogP contribution is 2.34. The highest BCUT2D eigenvalue weighted by Gasteiger charge is 2.16. The summed E-state index contributed by atoms with van der Waals surface area (Å²) in [5.41, 5.74) is 0. The quantitative estimate of drug-likeness (QED) is 0.746. The third kappa shape index (κ3) is 3.26. The molecule has 9 heteroatoms. The standard InChI is InChI=1S/C13H11N5O2S2/c1-20-8-2-4-9(5-3-8)22-10-6-7-21-11(10)12(19)14-13-15-17-18-16-13/h2-7H,1H3,(H2,14,15,16,17,18,19). The summed E-state index contributed by atoms with van der Waals surface area (Å²) in [6.07, 6.45) is 0. The second-order valence-electron chi connectivity index (χ2n) is 4.08. The first kappa shape index (κ1) is 14.5. The summed E-state index contributed by atoms with van der Waals surface area (Å²) in [6, 6.07) is 9.57. The molecular weight excluding hydrogens is 322 g/mol. The summed E-state index contributed by atoms with van der Waals surface area (Å²) in [7, 11) is 1.63. The fraction of sp³-hybridized carbons (Fsp3) is 0.0769. The van der Waals surface area contributed by atoms with Crippen molar-refractivity contribution in [1.82, 2.24) is 20.6 Å². The van der Waals surface area contributed by atoms with Crippen LogP contribution in [-0.4, -0.2) is 33.6 Å². The van der Waals surface area contributed by atoms with Gasteiger partial charge in [-0.3, -0.25) is 10.1 Å². The van der Waals surface area contributed by atoms with Crippen LogP contribution in [0.4, 0.5) is 5.95 Å². The second kappa shape index (κ2) is 6.58. The van der Waals surface area contributed by atoms with E-state index in [0.29, 0.717) is 4.88 Å². The average molecular weight is 333 g/mol. The Labute approximate surface area is 134 Å². The van der Waals surface area contributed by atoms with E-state index in [1.165, 1.54) is 23.1 Å². The van der Waals surface area contributed by atoms with E-state index in [4.69, 9.17) is 4.74 Å². The Hall–Kier alpha value is -2.39. The van der Waals surface area contributed by atoms with Crippen molar-refractivity contribution in [3.63, 3.8) is 0 Å². The van der Waals surface area contributed by atoms with Crippen LogP contribution in [0.2, 0.25) is 0 Å². The zero-order valence-corrected chi connectivity index (χ0v) is 13.1. The lowest BCUT2D eigenvalue weighted by Gasteiger charge is -2.04. The minimum Gasteiger partial charge on any atom is -0.497 e. The Kier molecular flexibility index (Phi) is 4.35. The summed E-state index contributed by atoms with van der Waals surface area (Å²) in [6.45, 7) is 0. The fourth-order valence-corrected chi connectivity index (χ4v) is 3.57. The summed E-state index contributed by atoms with van der Waals surface area (Å²) >= 11 is 2.87. The molecule has 1 amide bonds. The molecule has 0 radical (unpaired) electrons. The molecular formula is C13H11N5O2S2. The monoisotopic (exact) mass is 333 g/mol. The van der Waals surface area contributed by atoms with Crippen molar-refractivity contribution in [2.45, 2.75) is 9.79 Å². The molecule has 2 N–H and O–H groups in total. The van der Waals surface area contributed by atoms with Gasteiger partial charge >= 0.3 is 0 Å². The second-order valence-corrected chi connectivity index (χ2v) is 6.11. The fourth-order valence-electron chi connectivity index (χ4n) is 1.69. The minimum absolute atomic E-state index is 0.152. The largest absolute Gasteiger partial charge is 0.497 e. The lowest BCUT2D eigenvalue weighted by molar-refractivity contribution is 0.102. The van der Waals surface area contributed by atoms with E-state index < -0.39 is 0 Å². The summed E-state index contributed by atoms with van der Waals surface area (Å²) in [5, 5.41) is 17.6. The van der Waals surface area contributed by atoms with E-state index in [-0.39, 0.29) is 11.9 Å². The molecule has 1 aromatic carbocycles.